The minimum atomic E-state index is -0.357. The standard InChI is InChI=1S/C14H18N2OS/c1-10(2)15-13(18)16-12(17)14(8-9-14)11-6-4-3-5-7-11/h3-7,10H,8-9H2,1-2H3,(H2,15,16,17,18). The molecule has 0 spiro atoms. The zero-order valence-corrected chi connectivity index (χ0v) is 11.5. The summed E-state index contributed by atoms with van der Waals surface area (Å²) >= 11 is 5.11. The lowest BCUT2D eigenvalue weighted by molar-refractivity contribution is -0.122. The van der Waals surface area contributed by atoms with Gasteiger partial charge in [-0.05, 0) is 44.5 Å². The molecule has 0 bridgehead atoms. The first kappa shape index (κ1) is 13.0. The molecule has 3 nitrogen and oxygen atoms in total. The summed E-state index contributed by atoms with van der Waals surface area (Å²) in [6.07, 6.45) is 1.79. The molecule has 0 radical (unpaired) electrons. The highest BCUT2D eigenvalue weighted by molar-refractivity contribution is 7.80. The Morgan fingerprint density at radius 3 is 2.39 bits per heavy atom. The fourth-order valence-electron chi connectivity index (χ4n) is 2.05. The molecule has 0 saturated heterocycles. The second-order valence-corrected chi connectivity index (χ2v) is 5.44. The average molecular weight is 262 g/mol. The highest BCUT2D eigenvalue weighted by atomic mass is 32.1. The Morgan fingerprint density at radius 2 is 1.89 bits per heavy atom. The number of hydrogen-bond donors (Lipinski definition) is 2. The molecule has 0 unspecified atom stereocenters. The third kappa shape index (κ3) is 2.70. The van der Waals surface area contributed by atoms with E-state index >= 15 is 0 Å². The van der Waals surface area contributed by atoms with Crippen LogP contribution in [0.3, 0.4) is 0 Å². The lowest BCUT2D eigenvalue weighted by atomic mass is 9.95. The summed E-state index contributed by atoms with van der Waals surface area (Å²) in [4.78, 5) is 12.3. The van der Waals surface area contributed by atoms with Crippen LogP contribution in [0.1, 0.15) is 32.3 Å². The minimum Gasteiger partial charge on any atom is -0.360 e. The smallest absolute Gasteiger partial charge is 0.236 e. The molecular formula is C14H18N2OS. The van der Waals surface area contributed by atoms with Crippen LogP contribution >= 0.6 is 12.2 Å². The summed E-state index contributed by atoms with van der Waals surface area (Å²) in [6.45, 7) is 3.98. The first-order valence-corrected chi connectivity index (χ1v) is 6.63. The van der Waals surface area contributed by atoms with Crippen molar-refractivity contribution >= 4 is 23.2 Å². The van der Waals surface area contributed by atoms with Crippen LogP contribution in [0.5, 0.6) is 0 Å². The largest absolute Gasteiger partial charge is 0.360 e. The molecule has 0 heterocycles. The summed E-state index contributed by atoms with van der Waals surface area (Å²) in [7, 11) is 0. The molecule has 4 heteroatoms. The third-order valence-corrected chi connectivity index (χ3v) is 3.38. The maximum Gasteiger partial charge on any atom is 0.236 e. The van der Waals surface area contributed by atoms with Gasteiger partial charge in [-0.3, -0.25) is 4.79 Å². The van der Waals surface area contributed by atoms with Crippen LogP contribution in [-0.4, -0.2) is 17.1 Å². The number of rotatable bonds is 3. The molecule has 0 aliphatic heterocycles. The molecule has 2 rings (SSSR count). The Bertz CT molecular complexity index is 452. The summed E-state index contributed by atoms with van der Waals surface area (Å²) in [5.41, 5.74) is 0.721. The Balaban J connectivity index is 2.04. The molecule has 1 aliphatic rings. The molecule has 96 valence electrons. The van der Waals surface area contributed by atoms with E-state index in [0.717, 1.165) is 18.4 Å². The fourth-order valence-corrected chi connectivity index (χ4v) is 2.38. The molecule has 1 fully saturated rings. The van der Waals surface area contributed by atoms with E-state index in [2.05, 4.69) is 10.6 Å². The fraction of sp³-hybridized carbons (Fsp3) is 0.429. The van der Waals surface area contributed by atoms with Gasteiger partial charge in [-0.15, -0.1) is 0 Å². The third-order valence-electron chi connectivity index (χ3n) is 3.16. The van der Waals surface area contributed by atoms with Gasteiger partial charge in [-0.2, -0.15) is 0 Å². The maximum atomic E-state index is 12.3. The monoisotopic (exact) mass is 262 g/mol. The van der Waals surface area contributed by atoms with Crippen molar-refractivity contribution in [3.05, 3.63) is 35.9 Å². The van der Waals surface area contributed by atoms with E-state index in [9.17, 15) is 4.79 Å². The van der Waals surface area contributed by atoms with E-state index in [1.807, 2.05) is 44.2 Å². The molecule has 1 aromatic rings. The van der Waals surface area contributed by atoms with Crippen LogP contribution in [0.4, 0.5) is 0 Å². The molecule has 1 amide bonds. The van der Waals surface area contributed by atoms with E-state index in [0.29, 0.717) is 5.11 Å². The van der Waals surface area contributed by atoms with E-state index in [4.69, 9.17) is 12.2 Å². The molecule has 1 aliphatic carbocycles. The predicted octanol–water partition coefficient (Wildman–Crippen LogP) is 2.12. The molecule has 18 heavy (non-hydrogen) atoms. The minimum absolute atomic E-state index is 0.00634. The van der Waals surface area contributed by atoms with Gasteiger partial charge >= 0.3 is 0 Å². The zero-order chi connectivity index (χ0) is 13.2. The second-order valence-electron chi connectivity index (χ2n) is 5.03. The number of hydrogen-bond acceptors (Lipinski definition) is 2. The van der Waals surface area contributed by atoms with Gasteiger partial charge in [0, 0.05) is 6.04 Å². The summed E-state index contributed by atoms with van der Waals surface area (Å²) in [5.74, 6) is 0.00634. The molecule has 0 aromatic heterocycles. The zero-order valence-electron chi connectivity index (χ0n) is 10.7. The Hall–Kier alpha value is -1.42. The maximum absolute atomic E-state index is 12.3. The molecule has 0 atom stereocenters. The summed E-state index contributed by atoms with van der Waals surface area (Å²) in [6, 6.07) is 10.1. The van der Waals surface area contributed by atoms with Gasteiger partial charge < -0.3 is 10.6 Å². The number of benzene rings is 1. The predicted molar refractivity (Wildman–Crippen MR) is 76.4 cm³/mol. The van der Waals surface area contributed by atoms with E-state index in [1.54, 1.807) is 0 Å². The summed E-state index contributed by atoms with van der Waals surface area (Å²) in [5, 5.41) is 6.23. The number of amides is 1. The van der Waals surface area contributed by atoms with Crippen molar-refractivity contribution < 1.29 is 4.79 Å². The van der Waals surface area contributed by atoms with Gasteiger partial charge in [0.2, 0.25) is 5.91 Å². The second kappa shape index (κ2) is 5.06. The Labute approximate surface area is 113 Å². The first-order chi connectivity index (χ1) is 8.54. The van der Waals surface area contributed by atoms with E-state index < -0.39 is 0 Å². The van der Waals surface area contributed by atoms with E-state index in [-0.39, 0.29) is 17.4 Å². The normalized spacial score (nSPS) is 16.2. The van der Waals surface area contributed by atoms with Gasteiger partial charge in [0.25, 0.3) is 0 Å². The van der Waals surface area contributed by atoms with Gasteiger partial charge in [0.05, 0.1) is 5.41 Å². The van der Waals surface area contributed by atoms with Crippen LogP contribution < -0.4 is 10.6 Å². The molecular weight excluding hydrogens is 244 g/mol. The van der Waals surface area contributed by atoms with Crippen LogP contribution in [-0.2, 0) is 10.2 Å². The number of thiocarbonyl (C=S) groups is 1. The lowest BCUT2D eigenvalue weighted by Crippen LogP contribution is -2.46. The van der Waals surface area contributed by atoms with Gasteiger partial charge in [-0.25, -0.2) is 0 Å². The van der Waals surface area contributed by atoms with Crippen LogP contribution in [0.25, 0.3) is 0 Å². The quantitative estimate of drug-likeness (QED) is 0.820. The van der Waals surface area contributed by atoms with Crippen molar-refractivity contribution in [3.63, 3.8) is 0 Å². The van der Waals surface area contributed by atoms with Crippen molar-refractivity contribution in [2.45, 2.75) is 38.1 Å². The Morgan fingerprint density at radius 1 is 1.28 bits per heavy atom. The van der Waals surface area contributed by atoms with Crippen molar-refractivity contribution in [1.29, 1.82) is 0 Å². The number of nitrogens with one attached hydrogen (secondary N) is 2. The SMILES string of the molecule is CC(C)NC(=S)NC(=O)C1(c2ccccc2)CC1. The van der Waals surface area contributed by atoms with Crippen molar-refractivity contribution in [1.82, 2.24) is 10.6 Å². The van der Waals surface area contributed by atoms with Gasteiger partial charge in [0.1, 0.15) is 0 Å². The Kier molecular flexibility index (Phi) is 3.66. The average Bonchev–Trinajstić information content (AvgIpc) is 3.10. The van der Waals surface area contributed by atoms with Crippen molar-refractivity contribution in [3.8, 4) is 0 Å². The summed E-state index contributed by atoms with van der Waals surface area (Å²) < 4.78 is 0. The lowest BCUT2D eigenvalue weighted by Gasteiger charge is -2.18. The number of carbonyl (C=O) groups is 1. The molecule has 1 aromatic carbocycles. The number of carbonyl (C=O) groups excluding carboxylic acids is 1. The topological polar surface area (TPSA) is 41.1 Å². The first-order valence-electron chi connectivity index (χ1n) is 6.22. The molecule has 2 N–H and O–H groups in total. The van der Waals surface area contributed by atoms with Gasteiger partial charge in [0.15, 0.2) is 5.11 Å². The molecule has 1 saturated carbocycles. The van der Waals surface area contributed by atoms with Crippen molar-refractivity contribution in [2.24, 2.45) is 0 Å². The highest BCUT2D eigenvalue weighted by Crippen LogP contribution is 2.48. The highest BCUT2D eigenvalue weighted by Gasteiger charge is 2.51. The van der Waals surface area contributed by atoms with Crippen molar-refractivity contribution in [2.75, 3.05) is 0 Å². The van der Waals surface area contributed by atoms with Crippen LogP contribution in [0.15, 0.2) is 30.3 Å². The van der Waals surface area contributed by atoms with Gasteiger partial charge in [-0.1, -0.05) is 30.3 Å². The van der Waals surface area contributed by atoms with Crippen LogP contribution in [0, 0.1) is 0 Å². The van der Waals surface area contributed by atoms with E-state index in [1.165, 1.54) is 0 Å². The van der Waals surface area contributed by atoms with Crippen LogP contribution in [0.2, 0.25) is 0 Å².